The molecule has 21 heavy (non-hydrogen) atoms. The largest absolute Gasteiger partial charge is 0.494 e. The molecule has 3 heteroatoms. The molecule has 2 rings (SSSR count). The Labute approximate surface area is 126 Å². The maximum absolute atomic E-state index is 13.0. The third-order valence-corrected chi connectivity index (χ3v) is 3.41. The fourth-order valence-corrected chi connectivity index (χ4v) is 2.31. The van der Waals surface area contributed by atoms with Gasteiger partial charge in [0.2, 0.25) is 0 Å². The summed E-state index contributed by atoms with van der Waals surface area (Å²) in [6.07, 6.45) is 0.900. The smallest absolute Gasteiger partial charge is 0.123 e. The molecule has 0 aliphatic heterocycles. The highest BCUT2D eigenvalue weighted by Gasteiger charge is 2.00. The number of hydrogen-bond acceptors (Lipinski definition) is 2. The van der Waals surface area contributed by atoms with Gasteiger partial charge in [-0.05, 0) is 67.8 Å². The third-order valence-electron chi connectivity index (χ3n) is 3.41. The predicted molar refractivity (Wildman–Crippen MR) is 84.2 cm³/mol. The fourth-order valence-electron chi connectivity index (χ4n) is 2.31. The average molecular weight is 287 g/mol. The Balaban J connectivity index is 1.80. The normalized spacial score (nSPS) is 10.6. The lowest BCUT2D eigenvalue weighted by atomic mass is 10.1. The lowest BCUT2D eigenvalue weighted by Gasteiger charge is -2.09. The number of halogens is 1. The molecule has 0 radical (unpaired) electrons. The van der Waals surface area contributed by atoms with Crippen LogP contribution in [-0.2, 0) is 13.0 Å². The highest BCUT2D eigenvalue weighted by atomic mass is 19.1. The Morgan fingerprint density at radius 1 is 1.14 bits per heavy atom. The van der Waals surface area contributed by atoms with Crippen molar-refractivity contribution in [1.82, 2.24) is 5.32 Å². The van der Waals surface area contributed by atoms with Crippen LogP contribution in [-0.4, -0.2) is 13.2 Å². The minimum Gasteiger partial charge on any atom is -0.494 e. The van der Waals surface area contributed by atoms with Crippen LogP contribution in [0.4, 0.5) is 4.39 Å². The van der Waals surface area contributed by atoms with E-state index >= 15 is 0 Å². The summed E-state index contributed by atoms with van der Waals surface area (Å²) >= 11 is 0. The maximum Gasteiger partial charge on any atom is 0.123 e. The molecule has 0 unspecified atom stereocenters. The van der Waals surface area contributed by atoms with Gasteiger partial charge in [0, 0.05) is 6.54 Å². The molecular weight excluding hydrogens is 265 g/mol. The van der Waals surface area contributed by atoms with Gasteiger partial charge in [-0.2, -0.15) is 0 Å². The van der Waals surface area contributed by atoms with Gasteiger partial charge < -0.3 is 10.1 Å². The second-order valence-corrected chi connectivity index (χ2v) is 5.08. The molecule has 0 fully saturated rings. The van der Waals surface area contributed by atoms with Gasteiger partial charge in [0.25, 0.3) is 0 Å². The Morgan fingerprint density at radius 2 is 2.00 bits per heavy atom. The minimum absolute atomic E-state index is 0.169. The second-order valence-electron chi connectivity index (χ2n) is 5.08. The highest BCUT2D eigenvalue weighted by Crippen LogP contribution is 2.13. The number of hydrogen-bond donors (Lipinski definition) is 1. The second kappa shape index (κ2) is 7.79. The quantitative estimate of drug-likeness (QED) is 0.781. The first-order chi connectivity index (χ1) is 10.2. The standard InChI is InChI=1S/C18H22FNO/c1-3-21-18-6-4-5-15(12-18)13-20-10-9-16-7-8-17(19)11-14(16)2/h4-8,11-12,20H,3,9-10,13H2,1-2H3. The van der Waals surface area contributed by atoms with Crippen molar-refractivity contribution in [2.75, 3.05) is 13.2 Å². The molecule has 2 nitrogen and oxygen atoms in total. The van der Waals surface area contributed by atoms with Gasteiger partial charge >= 0.3 is 0 Å². The van der Waals surface area contributed by atoms with E-state index < -0.39 is 0 Å². The molecule has 1 N–H and O–H groups in total. The average Bonchev–Trinajstić information content (AvgIpc) is 2.46. The lowest BCUT2D eigenvalue weighted by molar-refractivity contribution is 0.340. The fraction of sp³-hybridized carbons (Fsp3) is 0.333. The third kappa shape index (κ3) is 4.87. The first-order valence-corrected chi connectivity index (χ1v) is 7.36. The van der Waals surface area contributed by atoms with E-state index in [4.69, 9.17) is 4.74 Å². The van der Waals surface area contributed by atoms with E-state index in [1.54, 1.807) is 6.07 Å². The lowest BCUT2D eigenvalue weighted by Crippen LogP contribution is -2.17. The van der Waals surface area contributed by atoms with E-state index in [-0.39, 0.29) is 5.82 Å². The van der Waals surface area contributed by atoms with Crippen LogP contribution < -0.4 is 10.1 Å². The number of ether oxygens (including phenoxy) is 1. The predicted octanol–water partition coefficient (Wildman–Crippen LogP) is 3.87. The molecule has 2 aromatic carbocycles. The van der Waals surface area contributed by atoms with Crippen LogP contribution in [0, 0.1) is 12.7 Å². The van der Waals surface area contributed by atoms with Gasteiger partial charge in [-0.15, -0.1) is 0 Å². The molecule has 0 aliphatic rings. The summed E-state index contributed by atoms with van der Waals surface area (Å²) in [7, 11) is 0. The van der Waals surface area contributed by atoms with Gasteiger partial charge in [-0.1, -0.05) is 18.2 Å². The van der Waals surface area contributed by atoms with Gasteiger partial charge in [0.15, 0.2) is 0 Å². The molecular formula is C18H22FNO. The number of benzene rings is 2. The van der Waals surface area contributed by atoms with Crippen LogP contribution in [0.25, 0.3) is 0 Å². The molecule has 0 spiro atoms. The van der Waals surface area contributed by atoms with Crippen LogP contribution >= 0.6 is 0 Å². The van der Waals surface area contributed by atoms with Crippen molar-refractivity contribution in [3.63, 3.8) is 0 Å². The van der Waals surface area contributed by atoms with E-state index in [0.717, 1.165) is 30.8 Å². The molecule has 0 saturated heterocycles. The van der Waals surface area contributed by atoms with Crippen molar-refractivity contribution in [1.29, 1.82) is 0 Å². The van der Waals surface area contributed by atoms with Crippen molar-refractivity contribution in [3.8, 4) is 5.75 Å². The van der Waals surface area contributed by atoms with Gasteiger partial charge in [-0.25, -0.2) is 4.39 Å². The van der Waals surface area contributed by atoms with E-state index in [1.165, 1.54) is 17.2 Å². The Bertz CT molecular complexity index is 583. The molecule has 0 atom stereocenters. The van der Waals surface area contributed by atoms with E-state index in [0.29, 0.717) is 6.61 Å². The van der Waals surface area contributed by atoms with Gasteiger partial charge in [0.05, 0.1) is 6.61 Å². The van der Waals surface area contributed by atoms with E-state index in [2.05, 4.69) is 17.4 Å². The number of nitrogens with one attached hydrogen (secondary N) is 1. The van der Waals surface area contributed by atoms with Crippen LogP contribution in [0.2, 0.25) is 0 Å². The number of rotatable bonds is 7. The maximum atomic E-state index is 13.0. The van der Waals surface area contributed by atoms with Gasteiger partial charge in [0.1, 0.15) is 11.6 Å². The summed E-state index contributed by atoms with van der Waals surface area (Å²) in [5.41, 5.74) is 3.40. The zero-order valence-electron chi connectivity index (χ0n) is 12.7. The van der Waals surface area contributed by atoms with Gasteiger partial charge in [-0.3, -0.25) is 0 Å². The molecule has 112 valence electrons. The van der Waals surface area contributed by atoms with Crippen LogP contribution in [0.1, 0.15) is 23.6 Å². The molecule has 0 aliphatic carbocycles. The Kier molecular flexibility index (Phi) is 5.76. The van der Waals surface area contributed by atoms with E-state index in [1.807, 2.05) is 32.0 Å². The SMILES string of the molecule is CCOc1cccc(CNCCc2ccc(F)cc2C)c1. The van der Waals surface area contributed by atoms with Crippen molar-refractivity contribution < 1.29 is 9.13 Å². The Hall–Kier alpha value is -1.87. The molecule has 0 bridgehead atoms. The van der Waals surface area contributed by atoms with Crippen molar-refractivity contribution in [3.05, 3.63) is 65.0 Å². The summed E-state index contributed by atoms with van der Waals surface area (Å²) < 4.78 is 18.5. The van der Waals surface area contributed by atoms with Crippen molar-refractivity contribution >= 4 is 0 Å². The molecule has 0 saturated carbocycles. The van der Waals surface area contributed by atoms with Crippen molar-refractivity contribution in [2.24, 2.45) is 0 Å². The highest BCUT2D eigenvalue weighted by molar-refractivity contribution is 5.29. The summed E-state index contributed by atoms with van der Waals surface area (Å²) in [6, 6.07) is 13.1. The molecule has 0 aromatic heterocycles. The summed E-state index contributed by atoms with van der Waals surface area (Å²) in [5, 5.41) is 3.41. The number of aryl methyl sites for hydroxylation is 1. The van der Waals surface area contributed by atoms with Crippen LogP contribution in [0.3, 0.4) is 0 Å². The van der Waals surface area contributed by atoms with Crippen molar-refractivity contribution in [2.45, 2.75) is 26.8 Å². The summed E-state index contributed by atoms with van der Waals surface area (Å²) in [4.78, 5) is 0. The Morgan fingerprint density at radius 3 is 2.76 bits per heavy atom. The first kappa shape index (κ1) is 15.5. The molecule has 2 aromatic rings. The van der Waals surface area contributed by atoms with Crippen LogP contribution in [0.5, 0.6) is 5.75 Å². The van der Waals surface area contributed by atoms with Crippen LogP contribution in [0.15, 0.2) is 42.5 Å². The monoisotopic (exact) mass is 287 g/mol. The first-order valence-electron chi connectivity index (χ1n) is 7.36. The summed E-state index contributed by atoms with van der Waals surface area (Å²) in [6.45, 7) is 6.28. The topological polar surface area (TPSA) is 21.3 Å². The minimum atomic E-state index is -0.169. The zero-order chi connectivity index (χ0) is 15.1. The zero-order valence-corrected chi connectivity index (χ0v) is 12.7. The van der Waals surface area contributed by atoms with E-state index in [9.17, 15) is 4.39 Å². The molecule has 0 amide bonds. The summed E-state index contributed by atoms with van der Waals surface area (Å²) in [5.74, 6) is 0.739. The molecule has 0 heterocycles.